The third kappa shape index (κ3) is 3.38. The Morgan fingerprint density at radius 2 is 1.93 bits per heavy atom. The van der Waals surface area contributed by atoms with Crippen molar-refractivity contribution in [1.29, 1.82) is 0 Å². The maximum atomic E-state index is 13.7. The summed E-state index contributed by atoms with van der Waals surface area (Å²) in [5, 5.41) is 5.28. The lowest BCUT2D eigenvalue weighted by molar-refractivity contribution is 0.0737. The van der Waals surface area contributed by atoms with Crippen LogP contribution in [0.15, 0.2) is 30.5 Å². The lowest BCUT2D eigenvalue weighted by Gasteiger charge is -2.26. The van der Waals surface area contributed by atoms with Crippen LogP contribution in [0.4, 0.5) is 0 Å². The number of aryl methyl sites for hydroxylation is 1. The molecule has 1 fully saturated rings. The van der Waals surface area contributed by atoms with Crippen molar-refractivity contribution in [2.75, 3.05) is 20.8 Å². The van der Waals surface area contributed by atoms with Crippen molar-refractivity contribution in [1.82, 2.24) is 19.7 Å². The largest absolute Gasteiger partial charge is 0.493 e. The Bertz CT molecular complexity index is 1090. The number of carbonyl (C=O) groups is 1. The van der Waals surface area contributed by atoms with Crippen molar-refractivity contribution < 1.29 is 14.3 Å². The Kier molecular flexibility index (Phi) is 5.37. The summed E-state index contributed by atoms with van der Waals surface area (Å²) in [5.74, 6) is 1.38. The Balaban J connectivity index is 1.73. The van der Waals surface area contributed by atoms with Crippen molar-refractivity contribution >= 4 is 16.9 Å². The number of nitrogens with zero attached hydrogens (tertiary/aromatic N) is 4. The molecule has 0 radical (unpaired) electrons. The van der Waals surface area contributed by atoms with Gasteiger partial charge in [-0.05, 0) is 57.4 Å². The molecule has 0 bridgehead atoms. The van der Waals surface area contributed by atoms with Crippen LogP contribution in [-0.4, -0.2) is 46.3 Å². The van der Waals surface area contributed by atoms with Gasteiger partial charge < -0.3 is 14.4 Å². The first kappa shape index (κ1) is 20.2. The zero-order chi connectivity index (χ0) is 21.4. The predicted octanol–water partition coefficient (Wildman–Crippen LogP) is 4.32. The van der Waals surface area contributed by atoms with Gasteiger partial charge in [0, 0.05) is 18.3 Å². The molecule has 0 saturated carbocycles. The highest BCUT2D eigenvalue weighted by Crippen LogP contribution is 2.38. The van der Waals surface area contributed by atoms with Crippen molar-refractivity contribution in [2.24, 2.45) is 0 Å². The van der Waals surface area contributed by atoms with E-state index in [0.717, 1.165) is 41.7 Å². The molecular formula is C23H28N4O3. The molecule has 1 aromatic carbocycles. The number of aromatic nitrogens is 3. The van der Waals surface area contributed by atoms with E-state index in [1.807, 2.05) is 40.8 Å². The standard InChI is InChI=1S/C23H28N4O3/c1-14(2)27-22-18(13-24-27)17(11-15(3)25-22)23(28)26-10-6-7-19(26)16-8-9-20(29-4)21(12-16)30-5/h8-9,11-14,19H,6-7,10H2,1-5H3/t19-/m0/s1. The number of pyridine rings is 1. The summed E-state index contributed by atoms with van der Waals surface area (Å²) in [7, 11) is 3.25. The summed E-state index contributed by atoms with van der Waals surface area (Å²) in [6, 6.07) is 7.94. The van der Waals surface area contributed by atoms with Crippen LogP contribution in [0, 0.1) is 6.92 Å². The van der Waals surface area contributed by atoms with Crippen molar-refractivity contribution in [2.45, 2.75) is 45.7 Å². The Morgan fingerprint density at radius 1 is 1.17 bits per heavy atom. The second-order valence-electron chi connectivity index (χ2n) is 8.00. The van der Waals surface area contributed by atoms with E-state index in [1.165, 1.54) is 0 Å². The molecule has 7 heteroatoms. The van der Waals surface area contributed by atoms with E-state index in [4.69, 9.17) is 9.47 Å². The smallest absolute Gasteiger partial charge is 0.255 e. The zero-order valence-corrected chi connectivity index (χ0v) is 18.2. The van der Waals surface area contributed by atoms with E-state index in [0.29, 0.717) is 17.1 Å². The third-order valence-electron chi connectivity index (χ3n) is 5.72. The number of fused-ring (bicyclic) bond motifs is 1. The van der Waals surface area contributed by atoms with Gasteiger partial charge in [-0.2, -0.15) is 5.10 Å². The molecule has 1 amide bonds. The first-order valence-electron chi connectivity index (χ1n) is 10.3. The van der Waals surface area contributed by atoms with Crippen LogP contribution in [0.2, 0.25) is 0 Å². The van der Waals surface area contributed by atoms with Crippen LogP contribution < -0.4 is 9.47 Å². The van der Waals surface area contributed by atoms with Gasteiger partial charge in [-0.3, -0.25) is 4.79 Å². The Labute approximate surface area is 176 Å². The highest BCUT2D eigenvalue weighted by molar-refractivity contribution is 6.05. The molecule has 1 saturated heterocycles. The van der Waals surface area contributed by atoms with Crippen molar-refractivity contribution in [3.05, 3.63) is 47.3 Å². The average Bonchev–Trinajstić information content (AvgIpc) is 3.39. The number of hydrogen-bond acceptors (Lipinski definition) is 5. The van der Waals surface area contributed by atoms with Gasteiger partial charge in [-0.25, -0.2) is 9.67 Å². The number of ether oxygens (including phenoxy) is 2. The van der Waals surface area contributed by atoms with Crippen LogP contribution in [0.25, 0.3) is 11.0 Å². The number of hydrogen-bond donors (Lipinski definition) is 0. The molecule has 1 aliphatic heterocycles. The second-order valence-corrected chi connectivity index (χ2v) is 8.00. The summed E-state index contributed by atoms with van der Waals surface area (Å²) >= 11 is 0. The molecule has 2 aromatic heterocycles. The molecule has 0 spiro atoms. The molecular weight excluding hydrogens is 380 g/mol. The first-order valence-corrected chi connectivity index (χ1v) is 10.3. The van der Waals surface area contributed by atoms with Gasteiger partial charge in [0.05, 0.1) is 37.4 Å². The predicted molar refractivity (Wildman–Crippen MR) is 115 cm³/mol. The summed E-state index contributed by atoms with van der Waals surface area (Å²) in [5.41, 5.74) is 3.29. The van der Waals surface area contributed by atoms with Crippen molar-refractivity contribution in [3.8, 4) is 11.5 Å². The summed E-state index contributed by atoms with van der Waals surface area (Å²) in [6.07, 6.45) is 3.64. The third-order valence-corrected chi connectivity index (χ3v) is 5.72. The van der Waals surface area contributed by atoms with E-state index in [1.54, 1.807) is 20.4 Å². The second kappa shape index (κ2) is 7.97. The Morgan fingerprint density at radius 3 is 2.63 bits per heavy atom. The fourth-order valence-electron chi connectivity index (χ4n) is 4.27. The van der Waals surface area contributed by atoms with Gasteiger partial charge in [0.2, 0.25) is 0 Å². The Hall–Kier alpha value is -3.09. The molecule has 158 valence electrons. The topological polar surface area (TPSA) is 69.5 Å². The monoisotopic (exact) mass is 408 g/mol. The van der Waals surface area contributed by atoms with Gasteiger partial charge in [0.15, 0.2) is 17.1 Å². The molecule has 7 nitrogen and oxygen atoms in total. The average molecular weight is 409 g/mol. The van der Waals surface area contributed by atoms with Crippen LogP contribution in [0.1, 0.15) is 60.4 Å². The lowest BCUT2D eigenvalue weighted by Crippen LogP contribution is -2.30. The van der Waals surface area contributed by atoms with Gasteiger partial charge in [0.25, 0.3) is 5.91 Å². The van der Waals surface area contributed by atoms with E-state index in [9.17, 15) is 4.79 Å². The number of rotatable bonds is 5. The molecule has 0 aliphatic carbocycles. The zero-order valence-electron chi connectivity index (χ0n) is 18.2. The van der Waals surface area contributed by atoms with E-state index < -0.39 is 0 Å². The highest BCUT2D eigenvalue weighted by atomic mass is 16.5. The molecule has 3 aromatic rings. The molecule has 3 heterocycles. The van der Waals surface area contributed by atoms with Gasteiger partial charge in [-0.15, -0.1) is 0 Å². The number of benzene rings is 1. The summed E-state index contributed by atoms with van der Waals surface area (Å²) in [4.78, 5) is 20.3. The molecule has 1 aliphatic rings. The van der Waals surface area contributed by atoms with Gasteiger partial charge >= 0.3 is 0 Å². The van der Waals surface area contributed by atoms with Gasteiger partial charge in [0.1, 0.15) is 0 Å². The minimum Gasteiger partial charge on any atom is -0.493 e. The van der Waals surface area contributed by atoms with E-state index in [-0.39, 0.29) is 18.0 Å². The number of amides is 1. The van der Waals surface area contributed by atoms with Gasteiger partial charge in [-0.1, -0.05) is 6.07 Å². The molecule has 0 unspecified atom stereocenters. The van der Waals surface area contributed by atoms with Crippen molar-refractivity contribution in [3.63, 3.8) is 0 Å². The molecule has 4 rings (SSSR count). The fourth-order valence-corrected chi connectivity index (χ4v) is 4.27. The maximum absolute atomic E-state index is 13.7. The van der Waals surface area contributed by atoms with Crippen LogP contribution >= 0.6 is 0 Å². The maximum Gasteiger partial charge on any atom is 0.255 e. The van der Waals surface area contributed by atoms with E-state index in [2.05, 4.69) is 23.9 Å². The SMILES string of the molecule is COc1ccc([C@@H]2CCCN2C(=O)c2cc(C)nc3c2cnn3C(C)C)cc1OC. The number of methoxy groups -OCH3 is 2. The number of likely N-dealkylation sites (tertiary alicyclic amines) is 1. The lowest BCUT2D eigenvalue weighted by atomic mass is 10.0. The molecule has 30 heavy (non-hydrogen) atoms. The normalized spacial score (nSPS) is 16.5. The summed E-state index contributed by atoms with van der Waals surface area (Å²) < 4.78 is 12.7. The molecule has 0 N–H and O–H groups in total. The van der Waals surface area contributed by atoms with Crippen LogP contribution in [-0.2, 0) is 0 Å². The van der Waals surface area contributed by atoms with E-state index >= 15 is 0 Å². The quantitative estimate of drug-likeness (QED) is 0.629. The minimum absolute atomic E-state index is 0.000899. The van der Waals surface area contributed by atoms with Crippen LogP contribution in [0.3, 0.4) is 0 Å². The summed E-state index contributed by atoms with van der Waals surface area (Å²) in [6.45, 7) is 6.76. The minimum atomic E-state index is 0.000899. The fraction of sp³-hybridized carbons (Fsp3) is 0.435. The molecule has 1 atom stereocenters. The number of carbonyl (C=O) groups excluding carboxylic acids is 1. The first-order chi connectivity index (χ1) is 14.4. The highest BCUT2D eigenvalue weighted by Gasteiger charge is 2.32. The van der Waals surface area contributed by atoms with Crippen LogP contribution in [0.5, 0.6) is 11.5 Å².